The number of benzene rings is 1. The zero-order chi connectivity index (χ0) is 14.7. The van der Waals surface area contributed by atoms with Crippen LogP contribution in [0.3, 0.4) is 0 Å². The molecule has 0 unspecified atom stereocenters. The molecule has 4 nitrogen and oxygen atoms in total. The molecule has 5 heteroatoms. The van der Waals surface area contributed by atoms with E-state index >= 15 is 0 Å². The van der Waals surface area contributed by atoms with E-state index < -0.39 is 0 Å². The van der Waals surface area contributed by atoms with E-state index in [2.05, 4.69) is 23.8 Å². The van der Waals surface area contributed by atoms with Crippen molar-refractivity contribution in [3.63, 3.8) is 0 Å². The lowest BCUT2D eigenvalue weighted by Gasteiger charge is -2.37. The molecule has 0 saturated carbocycles. The molecule has 3 rings (SSSR count). The first-order valence-electron chi connectivity index (χ1n) is 6.54. The van der Waals surface area contributed by atoms with E-state index in [1.54, 1.807) is 11.9 Å². The molecule has 104 valence electrons. The summed E-state index contributed by atoms with van der Waals surface area (Å²) in [4.78, 5) is 22.4. The highest BCUT2D eigenvalue weighted by molar-refractivity contribution is 6.34. The highest BCUT2D eigenvalue weighted by atomic mass is 35.5. The zero-order valence-corrected chi connectivity index (χ0v) is 12.7. The highest BCUT2D eigenvalue weighted by Crippen LogP contribution is 2.42. The average molecular weight is 290 g/mol. The summed E-state index contributed by atoms with van der Waals surface area (Å²) < 4.78 is 0. The Balaban J connectivity index is 2.38. The molecule has 2 aromatic rings. The number of fused-ring (bicyclic) bond motifs is 2. The van der Waals surface area contributed by atoms with E-state index in [-0.39, 0.29) is 11.3 Å². The minimum absolute atomic E-state index is 0.117. The van der Waals surface area contributed by atoms with Crippen LogP contribution in [0.5, 0.6) is 0 Å². The maximum Gasteiger partial charge on any atom is 0.227 e. The summed E-state index contributed by atoms with van der Waals surface area (Å²) in [5.74, 6) is 0.770. The van der Waals surface area contributed by atoms with Crippen LogP contribution in [0, 0.1) is 6.92 Å². The van der Waals surface area contributed by atoms with Gasteiger partial charge in [0.2, 0.25) is 5.91 Å². The van der Waals surface area contributed by atoms with Gasteiger partial charge in [-0.15, -0.1) is 0 Å². The Morgan fingerprint density at radius 1 is 1.30 bits per heavy atom. The van der Waals surface area contributed by atoms with Gasteiger partial charge in [-0.1, -0.05) is 25.4 Å². The van der Waals surface area contributed by atoms with Gasteiger partial charge in [0.1, 0.15) is 11.0 Å². The van der Waals surface area contributed by atoms with E-state index in [4.69, 9.17) is 11.6 Å². The lowest BCUT2D eigenvalue weighted by Crippen LogP contribution is -2.39. The topological polar surface area (TPSA) is 46.1 Å². The van der Waals surface area contributed by atoms with Crippen LogP contribution in [0.2, 0.25) is 5.15 Å². The maximum absolute atomic E-state index is 12.1. The third-order valence-corrected chi connectivity index (χ3v) is 4.22. The number of hydrogen-bond acceptors (Lipinski definition) is 3. The molecule has 1 aromatic heterocycles. The van der Waals surface area contributed by atoms with E-state index in [0.717, 1.165) is 22.2 Å². The summed E-state index contributed by atoms with van der Waals surface area (Å²) in [6, 6.07) is 3.96. The van der Waals surface area contributed by atoms with Gasteiger partial charge in [0.25, 0.3) is 0 Å². The Hall–Kier alpha value is -1.68. The molecule has 20 heavy (non-hydrogen) atoms. The number of nitrogens with zero attached hydrogens (tertiary/aromatic N) is 3. The minimum atomic E-state index is -0.196. The smallest absolute Gasteiger partial charge is 0.227 e. The number of aromatic nitrogens is 2. The number of anilines is 1. The van der Waals surface area contributed by atoms with Crippen LogP contribution in [-0.2, 0) is 10.2 Å². The van der Waals surface area contributed by atoms with Crippen molar-refractivity contribution in [3.05, 3.63) is 28.7 Å². The molecule has 0 radical (unpaired) electrons. The van der Waals surface area contributed by atoms with Gasteiger partial charge in [0, 0.05) is 30.0 Å². The quantitative estimate of drug-likeness (QED) is 0.700. The van der Waals surface area contributed by atoms with Gasteiger partial charge in [-0.25, -0.2) is 9.97 Å². The van der Waals surface area contributed by atoms with E-state index in [1.807, 2.05) is 19.1 Å². The molecule has 2 heterocycles. The fourth-order valence-corrected chi connectivity index (χ4v) is 3.06. The van der Waals surface area contributed by atoms with Crippen LogP contribution in [0.1, 0.15) is 31.7 Å². The van der Waals surface area contributed by atoms with Crippen LogP contribution in [0.25, 0.3) is 10.9 Å². The lowest BCUT2D eigenvalue weighted by atomic mass is 9.77. The van der Waals surface area contributed by atoms with E-state index in [1.165, 1.54) is 0 Å². The van der Waals surface area contributed by atoms with Crippen LogP contribution in [0.15, 0.2) is 12.1 Å². The highest BCUT2D eigenvalue weighted by Gasteiger charge is 2.35. The number of aryl methyl sites for hydroxylation is 1. The monoisotopic (exact) mass is 289 g/mol. The number of rotatable bonds is 0. The van der Waals surface area contributed by atoms with Crippen molar-refractivity contribution in [1.29, 1.82) is 0 Å². The van der Waals surface area contributed by atoms with Crippen molar-refractivity contribution in [3.8, 4) is 0 Å². The Bertz CT molecular complexity index is 739. The second-order valence-corrected chi connectivity index (χ2v) is 6.32. The first-order valence-corrected chi connectivity index (χ1v) is 6.92. The molecular formula is C15H16ClN3O. The van der Waals surface area contributed by atoms with Crippen LogP contribution >= 0.6 is 11.6 Å². The largest absolute Gasteiger partial charge is 0.315 e. The first-order chi connectivity index (χ1) is 9.29. The van der Waals surface area contributed by atoms with Crippen molar-refractivity contribution in [2.24, 2.45) is 0 Å². The molecular weight excluding hydrogens is 274 g/mol. The summed E-state index contributed by atoms with van der Waals surface area (Å²) in [6.07, 6.45) is 0.500. The first kappa shape index (κ1) is 13.3. The number of hydrogen-bond donors (Lipinski definition) is 0. The number of carbonyl (C=O) groups is 1. The number of halogens is 1. The average Bonchev–Trinajstić information content (AvgIpc) is 2.34. The molecule has 1 aliphatic rings. The summed E-state index contributed by atoms with van der Waals surface area (Å²) in [6.45, 7) is 5.99. The fraction of sp³-hybridized carbons (Fsp3) is 0.400. The van der Waals surface area contributed by atoms with Crippen LogP contribution < -0.4 is 4.90 Å². The van der Waals surface area contributed by atoms with Gasteiger partial charge < -0.3 is 4.90 Å². The van der Waals surface area contributed by atoms with E-state index in [0.29, 0.717) is 17.4 Å². The zero-order valence-electron chi connectivity index (χ0n) is 12.0. The van der Waals surface area contributed by atoms with Crippen LogP contribution in [-0.4, -0.2) is 22.9 Å². The maximum atomic E-state index is 12.1. The standard InChI is InChI=1S/C15H16ClN3O/c1-8-17-11-6-10-12(5-9(11)14(16)18-8)19(4)13(20)7-15(10,2)3/h5-6H,7H2,1-4H3. The molecule has 0 atom stereocenters. The second kappa shape index (κ2) is 4.16. The molecule has 0 fully saturated rings. The summed E-state index contributed by atoms with van der Waals surface area (Å²) in [5.41, 5.74) is 2.66. The Kier molecular flexibility index (Phi) is 2.77. The molecule has 0 saturated heterocycles. The molecule has 0 spiro atoms. The van der Waals surface area contributed by atoms with Crippen molar-refractivity contribution in [2.45, 2.75) is 32.6 Å². The Labute approximate surface area is 122 Å². The van der Waals surface area contributed by atoms with Crippen molar-refractivity contribution >= 4 is 34.1 Å². The fourth-order valence-electron chi connectivity index (χ4n) is 2.78. The number of carbonyl (C=O) groups excluding carboxylic acids is 1. The Morgan fingerprint density at radius 2 is 2.00 bits per heavy atom. The van der Waals surface area contributed by atoms with Gasteiger partial charge in [-0.3, -0.25) is 4.79 Å². The van der Waals surface area contributed by atoms with E-state index in [9.17, 15) is 4.79 Å². The van der Waals surface area contributed by atoms with Gasteiger partial charge in [-0.2, -0.15) is 0 Å². The van der Waals surface area contributed by atoms with Gasteiger partial charge in [-0.05, 0) is 24.6 Å². The Morgan fingerprint density at radius 3 is 2.70 bits per heavy atom. The third kappa shape index (κ3) is 1.86. The number of amides is 1. The van der Waals surface area contributed by atoms with Crippen molar-refractivity contribution < 1.29 is 4.79 Å². The summed E-state index contributed by atoms with van der Waals surface area (Å²) in [7, 11) is 1.80. The molecule has 1 amide bonds. The second-order valence-electron chi connectivity index (χ2n) is 5.96. The molecule has 0 aliphatic carbocycles. The molecule has 0 bridgehead atoms. The van der Waals surface area contributed by atoms with Crippen molar-refractivity contribution in [2.75, 3.05) is 11.9 Å². The predicted molar refractivity (Wildman–Crippen MR) is 80.3 cm³/mol. The van der Waals surface area contributed by atoms with Gasteiger partial charge in [0.15, 0.2) is 0 Å². The minimum Gasteiger partial charge on any atom is -0.315 e. The SMILES string of the molecule is Cc1nc(Cl)c2cc3c(cc2n1)C(C)(C)CC(=O)N3C. The molecule has 0 N–H and O–H groups in total. The van der Waals surface area contributed by atoms with Gasteiger partial charge >= 0.3 is 0 Å². The normalized spacial score (nSPS) is 17.4. The summed E-state index contributed by atoms with van der Waals surface area (Å²) >= 11 is 6.21. The van der Waals surface area contributed by atoms with Crippen LogP contribution in [0.4, 0.5) is 5.69 Å². The van der Waals surface area contributed by atoms with Gasteiger partial charge in [0.05, 0.1) is 5.52 Å². The molecule has 1 aromatic carbocycles. The molecule has 1 aliphatic heterocycles. The van der Waals surface area contributed by atoms with Crippen molar-refractivity contribution in [1.82, 2.24) is 9.97 Å². The third-order valence-electron chi connectivity index (χ3n) is 3.94. The predicted octanol–water partition coefficient (Wildman–Crippen LogP) is 3.24. The summed E-state index contributed by atoms with van der Waals surface area (Å²) in [5, 5.41) is 1.22. The lowest BCUT2D eigenvalue weighted by molar-refractivity contribution is -0.119.